The number of nitrogens with zero attached hydrogens (tertiary/aromatic N) is 1. The molecule has 1 saturated heterocycles. The number of amides is 1. The molecule has 1 amide bonds. The number of aryl methyl sites for hydroxylation is 1. The highest BCUT2D eigenvalue weighted by molar-refractivity contribution is 8.00. The number of carbonyl (C=O) groups excluding carboxylic acids is 1. The van der Waals surface area contributed by atoms with Crippen LogP contribution in [0.1, 0.15) is 25.3 Å². The first-order valence-corrected chi connectivity index (χ1v) is 7.72. The molecule has 4 heteroatoms. The monoisotopic (exact) mass is 278 g/mol. The van der Waals surface area contributed by atoms with Crippen LogP contribution in [-0.4, -0.2) is 35.2 Å². The second-order valence-corrected chi connectivity index (χ2v) is 6.57. The maximum atomic E-state index is 12.4. The van der Waals surface area contributed by atoms with E-state index in [0.717, 1.165) is 25.9 Å². The van der Waals surface area contributed by atoms with Crippen LogP contribution in [0.15, 0.2) is 29.2 Å². The van der Waals surface area contributed by atoms with Crippen LogP contribution in [0.25, 0.3) is 0 Å². The molecular weight excluding hydrogens is 256 g/mol. The molecule has 104 valence electrons. The summed E-state index contributed by atoms with van der Waals surface area (Å²) < 4.78 is 0. The molecule has 2 rings (SSSR count). The molecule has 2 N–H and O–H groups in total. The van der Waals surface area contributed by atoms with Crippen molar-refractivity contribution in [3.63, 3.8) is 0 Å². The van der Waals surface area contributed by atoms with Crippen LogP contribution in [-0.2, 0) is 4.79 Å². The Hall–Kier alpha value is -1.00. The molecule has 0 bridgehead atoms. The van der Waals surface area contributed by atoms with E-state index in [1.807, 2.05) is 24.0 Å². The molecule has 0 spiro atoms. The molecular formula is C15H22N2OS. The van der Waals surface area contributed by atoms with Gasteiger partial charge in [-0.15, -0.1) is 11.8 Å². The molecule has 1 aliphatic heterocycles. The normalized spacial score (nSPS) is 18.4. The van der Waals surface area contributed by atoms with E-state index in [9.17, 15) is 4.79 Å². The first kappa shape index (κ1) is 14.4. The molecule has 3 nitrogen and oxygen atoms in total. The van der Waals surface area contributed by atoms with Crippen molar-refractivity contribution in [2.45, 2.75) is 42.9 Å². The quantitative estimate of drug-likeness (QED) is 0.864. The summed E-state index contributed by atoms with van der Waals surface area (Å²) in [4.78, 5) is 15.5. The molecule has 0 saturated carbocycles. The highest BCUT2D eigenvalue weighted by atomic mass is 32.2. The average Bonchev–Trinajstić information content (AvgIpc) is 2.41. The summed E-state index contributed by atoms with van der Waals surface area (Å²) in [5.41, 5.74) is 7.10. The van der Waals surface area contributed by atoms with Crippen molar-refractivity contribution >= 4 is 17.7 Å². The van der Waals surface area contributed by atoms with Crippen LogP contribution in [0.4, 0.5) is 0 Å². The van der Waals surface area contributed by atoms with E-state index in [1.165, 1.54) is 10.5 Å². The van der Waals surface area contributed by atoms with Gasteiger partial charge in [0.05, 0.1) is 5.25 Å². The van der Waals surface area contributed by atoms with Crippen LogP contribution in [0.5, 0.6) is 0 Å². The highest BCUT2D eigenvalue weighted by Crippen LogP contribution is 2.27. The van der Waals surface area contributed by atoms with Crippen LogP contribution in [0, 0.1) is 6.92 Å². The summed E-state index contributed by atoms with van der Waals surface area (Å²) >= 11 is 1.65. The van der Waals surface area contributed by atoms with Crippen molar-refractivity contribution in [1.29, 1.82) is 0 Å². The lowest BCUT2D eigenvalue weighted by atomic mass is 10.1. The zero-order valence-corrected chi connectivity index (χ0v) is 12.5. The predicted molar refractivity (Wildman–Crippen MR) is 80.3 cm³/mol. The second kappa shape index (κ2) is 6.44. The average molecular weight is 278 g/mol. The van der Waals surface area contributed by atoms with Crippen molar-refractivity contribution in [2.75, 3.05) is 13.1 Å². The van der Waals surface area contributed by atoms with Gasteiger partial charge in [-0.25, -0.2) is 0 Å². The summed E-state index contributed by atoms with van der Waals surface area (Å²) in [7, 11) is 0. The molecule has 1 atom stereocenters. The Kier molecular flexibility index (Phi) is 4.88. The van der Waals surface area contributed by atoms with Crippen LogP contribution >= 0.6 is 11.8 Å². The van der Waals surface area contributed by atoms with Crippen LogP contribution in [0.3, 0.4) is 0 Å². The topological polar surface area (TPSA) is 46.3 Å². The predicted octanol–water partition coefficient (Wildman–Crippen LogP) is 2.43. The zero-order valence-electron chi connectivity index (χ0n) is 11.6. The molecule has 1 aromatic rings. The molecule has 1 unspecified atom stereocenters. The minimum absolute atomic E-state index is 0.0320. The first-order chi connectivity index (χ1) is 9.08. The maximum Gasteiger partial charge on any atom is 0.235 e. The number of benzene rings is 1. The van der Waals surface area contributed by atoms with E-state index < -0.39 is 0 Å². The van der Waals surface area contributed by atoms with E-state index in [4.69, 9.17) is 5.73 Å². The molecule has 0 radical (unpaired) electrons. The number of likely N-dealkylation sites (tertiary alicyclic amines) is 1. The van der Waals surface area contributed by atoms with Gasteiger partial charge in [-0.2, -0.15) is 0 Å². The number of rotatable bonds is 3. The van der Waals surface area contributed by atoms with Gasteiger partial charge in [-0.1, -0.05) is 18.2 Å². The fourth-order valence-electron chi connectivity index (χ4n) is 2.31. The number of hydrogen-bond acceptors (Lipinski definition) is 3. The van der Waals surface area contributed by atoms with Crippen LogP contribution in [0.2, 0.25) is 0 Å². The molecule has 0 aromatic heterocycles. The smallest absolute Gasteiger partial charge is 0.235 e. The zero-order chi connectivity index (χ0) is 13.8. The molecule has 1 heterocycles. The summed E-state index contributed by atoms with van der Waals surface area (Å²) in [6.07, 6.45) is 1.85. The fraction of sp³-hybridized carbons (Fsp3) is 0.533. The summed E-state index contributed by atoms with van der Waals surface area (Å²) in [5, 5.41) is -0.0320. The Morgan fingerprint density at radius 1 is 1.37 bits per heavy atom. The van der Waals surface area contributed by atoms with Gasteiger partial charge in [0.25, 0.3) is 0 Å². The fourth-order valence-corrected chi connectivity index (χ4v) is 3.35. The third-order valence-electron chi connectivity index (χ3n) is 3.60. The Balaban J connectivity index is 1.94. The van der Waals surface area contributed by atoms with Gasteiger partial charge < -0.3 is 10.6 Å². The number of hydrogen-bond donors (Lipinski definition) is 1. The number of carbonyl (C=O) groups is 1. The number of nitrogens with two attached hydrogens (primary N) is 1. The van der Waals surface area contributed by atoms with Gasteiger partial charge in [-0.05, 0) is 38.3 Å². The minimum atomic E-state index is -0.0320. The molecule has 1 aliphatic rings. The first-order valence-electron chi connectivity index (χ1n) is 6.84. The van der Waals surface area contributed by atoms with Gasteiger partial charge in [0, 0.05) is 24.0 Å². The van der Waals surface area contributed by atoms with Gasteiger partial charge in [0.15, 0.2) is 0 Å². The highest BCUT2D eigenvalue weighted by Gasteiger charge is 2.25. The minimum Gasteiger partial charge on any atom is -0.342 e. The third-order valence-corrected chi connectivity index (χ3v) is 4.86. The lowest BCUT2D eigenvalue weighted by Gasteiger charge is -2.32. The van der Waals surface area contributed by atoms with Crippen molar-refractivity contribution in [2.24, 2.45) is 5.73 Å². The molecule has 1 aromatic carbocycles. The summed E-state index contributed by atoms with van der Waals surface area (Å²) in [6, 6.07) is 8.48. The Bertz CT molecular complexity index is 442. The lowest BCUT2D eigenvalue weighted by molar-refractivity contribution is -0.131. The lowest BCUT2D eigenvalue weighted by Crippen LogP contribution is -2.45. The SMILES string of the molecule is Cc1ccccc1SC(C)C(=O)N1CCC(N)CC1. The third kappa shape index (κ3) is 3.74. The molecule has 0 aliphatic carbocycles. The standard InChI is InChI=1S/C15H22N2OS/c1-11-5-3-4-6-14(11)19-12(2)15(18)17-9-7-13(16)8-10-17/h3-6,12-13H,7-10,16H2,1-2H3. The number of piperidine rings is 1. The summed E-state index contributed by atoms with van der Waals surface area (Å²) in [5.74, 6) is 0.236. The van der Waals surface area contributed by atoms with Gasteiger partial charge in [0.2, 0.25) is 5.91 Å². The Morgan fingerprint density at radius 3 is 2.63 bits per heavy atom. The molecule has 19 heavy (non-hydrogen) atoms. The second-order valence-electron chi connectivity index (χ2n) is 5.19. The van der Waals surface area contributed by atoms with Crippen LogP contribution < -0.4 is 5.73 Å². The van der Waals surface area contributed by atoms with E-state index in [1.54, 1.807) is 11.8 Å². The van der Waals surface area contributed by atoms with Crippen molar-refractivity contribution in [3.8, 4) is 0 Å². The Labute approximate surface area is 119 Å². The van der Waals surface area contributed by atoms with E-state index in [-0.39, 0.29) is 17.2 Å². The van der Waals surface area contributed by atoms with E-state index >= 15 is 0 Å². The van der Waals surface area contributed by atoms with E-state index in [0.29, 0.717) is 0 Å². The van der Waals surface area contributed by atoms with Gasteiger partial charge in [-0.3, -0.25) is 4.79 Å². The van der Waals surface area contributed by atoms with Crippen molar-refractivity contribution in [1.82, 2.24) is 4.90 Å². The Morgan fingerprint density at radius 2 is 2.00 bits per heavy atom. The summed E-state index contributed by atoms with van der Waals surface area (Å²) in [6.45, 7) is 5.69. The van der Waals surface area contributed by atoms with Gasteiger partial charge >= 0.3 is 0 Å². The largest absolute Gasteiger partial charge is 0.342 e. The maximum absolute atomic E-state index is 12.4. The number of thioether (sulfide) groups is 1. The van der Waals surface area contributed by atoms with E-state index in [2.05, 4.69) is 19.1 Å². The van der Waals surface area contributed by atoms with Gasteiger partial charge in [0.1, 0.15) is 0 Å². The molecule has 1 fully saturated rings. The van der Waals surface area contributed by atoms with Crippen molar-refractivity contribution in [3.05, 3.63) is 29.8 Å². The van der Waals surface area contributed by atoms with Crippen molar-refractivity contribution < 1.29 is 4.79 Å².